The molecule has 0 spiro atoms. The lowest BCUT2D eigenvalue weighted by Crippen LogP contribution is -2.07. The highest BCUT2D eigenvalue weighted by Gasteiger charge is 2.20. The van der Waals surface area contributed by atoms with Gasteiger partial charge >= 0.3 is 0 Å². The van der Waals surface area contributed by atoms with Crippen molar-refractivity contribution in [2.45, 2.75) is 26.2 Å². The smallest absolute Gasteiger partial charge is 0.196 e. The molecule has 0 saturated heterocycles. The molecule has 0 unspecified atom stereocenters. The van der Waals surface area contributed by atoms with E-state index in [2.05, 4.69) is 0 Å². The van der Waals surface area contributed by atoms with Crippen LogP contribution in [0.25, 0.3) is 0 Å². The Bertz CT molecular complexity index is 704. The SMILES string of the molecule is Cc1ccc(C(=O)c2ccc3c(c2)CCC3)c(F)c1F. The predicted molar refractivity (Wildman–Crippen MR) is 73.0 cm³/mol. The molecule has 0 amide bonds. The first kappa shape index (κ1) is 13.0. The second kappa shape index (κ2) is 4.82. The van der Waals surface area contributed by atoms with Gasteiger partial charge in [-0.25, -0.2) is 8.78 Å². The Morgan fingerprint density at radius 3 is 2.55 bits per heavy atom. The van der Waals surface area contributed by atoms with Crippen LogP contribution in [0.5, 0.6) is 0 Å². The standard InChI is InChI=1S/C17H14F2O/c1-10-5-8-14(16(19)15(10)18)17(20)13-7-6-11-3-2-4-12(11)9-13/h5-9H,2-4H2,1H3. The summed E-state index contributed by atoms with van der Waals surface area (Å²) in [5.41, 5.74) is 2.81. The van der Waals surface area contributed by atoms with Crippen LogP contribution in [0.3, 0.4) is 0 Å². The van der Waals surface area contributed by atoms with Crippen molar-refractivity contribution in [3.8, 4) is 0 Å². The van der Waals surface area contributed by atoms with Crippen LogP contribution < -0.4 is 0 Å². The van der Waals surface area contributed by atoms with Crippen LogP contribution in [-0.2, 0) is 12.8 Å². The molecule has 3 rings (SSSR count). The number of fused-ring (bicyclic) bond motifs is 1. The molecule has 3 heteroatoms. The highest BCUT2D eigenvalue weighted by Crippen LogP contribution is 2.25. The number of carbonyl (C=O) groups is 1. The van der Waals surface area contributed by atoms with E-state index in [1.807, 2.05) is 12.1 Å². The number of ketones is 1. The maximum Gasteiger partial charge on any atom is 0.196 e. The Balaban J connectivity index is 2.03. The fraction of sp³-hybridized carbons (Fsp3) is 0.235. The van der Waals surface area contributed by atoms with E-state index in [0.717, 1.165) is 24.8 Å². The first-order valence-corrected chi connectivity index (χ1v) is 6.69. The molecular weight excluding hydrogens is 258 g/mol. The van der Waals surface area contributed by atoms with Gasteiger partial charge < -0.3 is 0 Å². The molecule has 0 aliphatic heterocycles. The van der Waals surface area contributed by atoms with Gasteiger partial charge in [0.15, 0.2) is 17.4 Å². The maximum atomic E-state index is 13.9. The van der Waals surface area contributed by atoms with Gasteiger partial charge in [0.05, 0.1) is 5.56 Å². The molecule has 1 aliphatic rings. The van der Waals surface area contributed by atoms with Gasteiger partial charge in [-0.1, -0.05) is 18.2 Å². The van der Waals surface area contributed by atoms with E-state index in [0.29, 0.717) is 5.56 Å². The first-order chi connectivity index (χ1) is 9.58. The van der Waals surface area contributed by atoms with Gasteiger partial charge in [0, 0.05) is 5.56 Å². The van der Waals surface area contributed by atoms with E-state index in [1.165, 1.54) is 24.6 Å². The van der Waals surface area contributed by atoms with Crippen molar-refractivity contribution < 1.29 is 13.6 Å². The van der Waals surface area contributed by atoms with Gasteiger partial charge in [-0.2, -0.15) is 0 Å². The molecular formula is C17H14F2O. The minimum Gasteiger partial charge on any atom is -0.288 e. The summed E-state index contributed by atoms with van der Waals surface area (Å²) in [6.07, 6.45) is 3.05. The number of aryl methyl sites for hydroxylation is 3. The highest BCUT2D eigenvalue weighted by molar-refractivity contribution is 6.09. The average molecular weight is 272 g/mol. The van der Waals surface area contributed by atoms with E-state index in [4.69, 9.17) is 0 Å². The fourth-order valence-electron chi connectivity index (χ4n) is 2.69. The Kier molecular flexibility index (Phi) is 3.13. The molecule has 102 valence electrons. The molecule has 0 radical (unpaired) electrons. The maximum absolute atomic E-state index is 13.9. The number of hydrogen-bond acceptors (Lipinski definition) is 1. The van der Waals surface area contributed by atoms with E-state index in [1.54, 1.807) is 6.07 Å². The van der Waals surface area contributed by atoms with Crippen LogP contribution in [0.1, 0.15) is 39.0 Å². The summed E-state index contributed by atoms with van der Waals surface area (Å²) >= 11 is 0. The molecule has 2 aromatic rings. The number of hydrogen-bond donors (Lipinski definition) is 0. The van der Waals surface area contributed by atoms with Gasteiger partial charge in [-0.3, -0.25) is 4.79 Å². The van der Waals surface area contributed by atoms with Gasteiger partial charge in [0.2, 0.25) is 0 Å². The van der Waals surface area contributed by atoms with Crippen molar-refractivity contribution in [3.63, 3.8) is 0 Å². The van der Waals surface area contributed by atoms with Gasteiger partial charge in [0.25, 0.3) is 0 Å². The van der Waals surface area contributed by atoms with Crippen LogP contribution in [0.4, 0.5) is 8.78 Å². The van der Waals surface area contributed by atoms with Gasteiger partial charge in [0.1, 0.15) is 0 Å². The third-order valence-electron chi connectivity index (χ3n) is 3.88. The summed E-state index contributed by atoms with van der Waals surface area (Å²) in [7, 11) is 0. The predicted octanol–water partition coefficient (Wildman–Crippen LogP) is 3.99. The molecule has 20 heavy (non-hydrogen) atoms. The van der Waals surface area contributed by atoms with Crippen molar-refractivity contribution in [2.75, 3.05) is 0 Å². The summed E-state index contributed by atoms with van der Waals surface area (Å²) in [6.45, 7) is 1.47. The minimum atomic E-state index is -1.06. The zero-order chi connectivity index (χ0) is 14.3. The number of benzene rings is 2. The van der Waals surface area contributed by atoms with Crippen LogP contribution in [0.15, 0.2) is 30.3 Å². The highest BCUT2D eigenvalue weighted by atomic mass is 19.2. The fourth-order valence-corrected chi connectivity index (χ4v) is 2.69. The topological polar surface area (TPSA) is 17.1 Å². The van der Waals surface area contributed by atoms with E-state index >= 15 is 0 Å². The summed E-state index contributed by atoms with van der Waals surface area (Å²) < 4.78 is 27.4. The van der Waals surface area contributed by atoms with Crippen molar-refractivity contribution in [3.05, 3.63) is 69.8 Å². The summed E-state index contributed by atoms with van der Waals surface area (Å²) in [5.74, 6) is -2.47. The second-order valence-electron chi connectivity index (χ2n) is 5.22. The quantitative estimate of drug-likeness (QED) is 0.755. The van der Waals surface area contributed by atoms with Gasteiger partial charge in [-0.05, 0) is 55.0 Å². The molecule has 0 N–H and O–H groups in total. The van der Waals surface area contributed by atoms with Crippen LogP contribution in [-0.4, -0.2) is 5.78 Å². The van der Waals surface area contributed by atoms with Crippen LogP contribution in [0, 0.1) is 18.6 Å². The second-order valence-corrected chi connectivity index (χ2v) is 5.22. The monoisotopic (exact) mass is 272 g/mol. The number of carbonyl (C=O) groups excluding carboxylic acids is 1. The number of halogens is 2. The zero-order valence-electron chi connectivity index (χ0n) is 11.2. The normalized spacial score (nSPS) is 13.3. The van der Waals surface area contributed by atoms with E-state index in [-0.39, 0.29) is 11.1 Å². The number of rotatable bonds is 2. The van der Waals surface area contributed by atoms with E-state index in [9.17, 15) is 13.6 Å². The third kappa shape index (κ3) is 2.03. The zero-order valence-corrected chi connectivity index (χ0v) is 11.2. The molecule has 0 atom stereocenters. The van der Waals surface area contributed by atoms with Crippen molar-refractivity contribution in [2.24, 2.45) is 0 Å². The van der Waals surface area contributed by atoms with Crippen molar-refractivity contribution >= 4 is 5.78 Å². The molecule has 1 aliphatic carbocycles. The largest absolute Gasteiger partial charge is 0.288 e. The molecule has 0 saturated carbocycles. The molecule has 1 nitrogen and oxygen atoms in total. The van der Waals surface area contributed by atoms with Crippen LogP contribution in [0.2, 0.25) is 0 Å². The Labute approximate surface area is 116 Å². The Morgan fingerprint density at radius 2 is 1.75 bits per heavy atom. The van der Waals surface area contributed by atoms with E-state index < -0.39 is 17.4 Å². The average Bonchev–Trinajstić information content (AvgIpc) is 2.91. The summed E-state index contributed by atoms with van der Waals surface area (Å²) in [4.78, 5) is 12.3. The first-order valence-electron chi connectivity index (χ1n) is 6.69. The van der Waals surface area contributed by atoms with Gasteiger partial charge in [-0.15, -0.1) is 0 Å². The lowest BCUT2D eigenvalue weighted by molar-refractivity contribution is 0.103. The summed E-state index contributed by atoms with van der Waals surface area (Å²) in [6, 6.07) is 8.20. The molecule has 0 heterocycles. The summed E-state index contributed by atoms with van der Waals surface area (Å²) in [5, 5.41) is 0. The lowest BCUT2D eigenvalue weighted by Gasteiger charge is -2.07. The van der Waals surface area contributed by atoms with Crippen LogP contribution >= 0.6 is 0 Å². The molecule has 2 aromatic carbocycles. The van der Waals surface area contributed by atoms with Crippen molar-refractivity contribution in [1.82, 2.24) is 0 Å². The Hall–Kier alpha value is -2.03. The lowest BCUT2D eigenvalue weighted by atomic mass is 9.98. The third-order valence-corrected chi connectivity index (χ3v) is 3.88. The molecule has 0 fully saturated rings. The molecule has 0 aromatic heterocycles. The minimum absolute atomic E-state index is 0.202. The van der Waals surface area contributed by atoms with Crippen molar-refractivity contribution in [1.29, 1.82) is 0 Å². The Morgan fingerprint density at radius 1 is 1.00 bits per heavy atom. The molecule has 0 bridgehead atoms.